The van der Waals surface area contributed by atoms with Gasteiger partial charge in [0.25, 0.3) is 0 Å². The lowest BCUT2D eigenvalue weighted by atomic mass is 9.65. The van der Waals surface area contributed by atoms with Crippen molar-refractivity contribution >= 4 is 5.78 Å². The maximum atomic E-state index is 14.8. The summed E-state index contributed by atoms with van der Waals surface area (Å²) in [6.07, 6.45) is 0. The number of hydrogen-bond donors (Lipinski definition) is 0. The number of hydrogen-bond acceptors (Lipinski definition) is 1. The van der Waals surface area contributed by atoms with Gasteiger partial charge in [0, 0.05) is 5.56 Å². The first-order valence-corrected chi connectivity index (χ1v) is 11.7. The van der Waals surface area contributed by atoms with E-state index in [4.69, 9.17) is 0 Å². The van der Waals surface area contributed by atoms with Crippen molar-refractivity contribution in [3.63, 3.8) is 0 Å². The predicted molar refractivity (Wildman–Crippen MR) is 137 cm³/mol. The van der Waals surface area contributed by atoms with Crippen molar-refractivity contribution in [1.82, 2.24) is 0 Å². The molecule has 4 aromatic rings. The minimum absolute atomic E-state index is 0.0869. The van der Waals surface area contributed by atoms with E-state index in [9.17, 15) is 4.79 Å². The van der Waals surface area contributed by atoms with Crippen LogP contribution in [-0.2, 0) is 5.41 Å². The highest BCUT2D eigenvalue weighted by Gasteiger charge is 2.44. The van der Waals surface area contributed by atoms with Crippen molar-refractivity contribution in [3.05, 3.63) is 143 Å². The van der Waals surface area contributed by atoms with Gasteiger partial charge in [0.05, 0.1) is 0 Å². The van der Waals surface area contributed by atoms with Crippen LogP contribution in [0, 0.1) is 6.07 Å². The highest BCUT2D eigenvalue weighted by atomic mass is 16.1. The van der Waals surface area contributed by atoms with Crippen LogP contribution in [0.3, 0.4) is 0 Å². The number of Topliss-reactive ketones (excluding diaryl/α,β-unsaturated/α-hetero) is 1. The molecule has 0 amide bonds. The molecule has 0 spiro atoms. The molecular weight excluding hydrogens is 400 g/mol. The van der Waals surface area contributed by atoms with E-state index in [0.29, 0.717) is 0 Å². The maximum absolute atomic E-state index is 14.8. The molecule has 0 aromatic heterocycles. The van der Waals surface area contributed by atoms with Crippen LogP contribution in [0.4, 0.5) is 0 Å². The molecule has 4 rings (SSSR count). The van der Waals surface area contributed by atoms with Crippen molar-refractivity contribution in [2.24, 2.45) is 0 Å². The molecule has 4 aromatic carbocycles. The molecule has 1 heteroatoms. The molecule has 0 bridgehead atoms. The fourth-order valence-corrected chi connectivity index (χ4v) is 4.54. The molecule has 1 nitrogen and oxygen atoms in total. The van der Waals surface area contributed by atoms with Crippen molar-refractivity contribution in [1.29, 1.82) is 0 Å². The molecule has 0 aliphatic carbocycles. The largest absolute Gasteiger partial charge is 0.292 e. The van der Waals surface area contributed by atoms with Crippen LogP contribution in [0.25, 0.3) is 0 Å². The second-order valence-corrected chi connectivity index (χ2v) is 9.27. The Labute approximate surface area is 198 Å². The summed E-state index contributed by atoms with van der Waals surface area (Å²) in [5.74, 6) is 0.661. The second kappa shape index (κ2) is 9.58. The minimum Gasteiger partial charge on any atom is -0.292 e. The lowest BCUT2D eigenvalue weighted by Crippen LogP contribution is -2.38. The van der Waals surface area contributed by atoms with Crippen molar-refractivity contribution < 1.29 is 4.79 Å². The third kappa shape index (κ3) is 4.28. The molecule has 0 fully saturated rings. The summed E-state index contributed by atoms with van der Waals surface area (Å²) >= 11 is 0. The summed E-state index contributed by atoms with van der Waals surface area (Å²) in [4.78, 5) is 14.8. The first-order chi connectivity index (χ1) is 15.9. The van der Waals surface area contributed by atoms with Gasteiger partial charge in [0.2, 0.25) is 0 Å². The Hall–Kier alpha value is -3.45. The van der Waals surface area contributed by atoms with E-state index in [1.807, 2.05) is 66.7 Å². The molecule has 0 aliphatic heterocycles. The Morgan fingerprint density at radius 3 is 1.24 bits per heavy atom. The monoisotopic (exact) mass is 431 g/mol. The fraction of sp³-hybridized carbons (Fsp3) is 0.219. The Morgan fingerprint density at radius 2 is 0.939 bits per heavy atom. The van der Waals surface area contributed by atoms with E-state index in [1.165, 1.54) is 0 Å². The summed E-state index contributed by atoms with van der Waals surface area (Å²) in [5, 5.41) is 0. The Bertz CT molecular complexity index is 1080. The average molecular weight is 432 g/mol. The van der Waals surface area contributed by atoms with Crippen LogP contribution in [-0.4, -0.2) is 5.78 Å². The average Bonchev–Trinajstić information content (AvgIpc) is 2.86. The van der Waals surface area contributed by atoms with Crippen LogP contribution in [0.2, 0.25) is 0 Å². The van der Waals surface area contributed by atoms with Crippen LogP contribution in [0.15, 0.2) is 103 Å². The van der Waals surface area contributed by atoms with Gasteiger partial charge in [0.15, 0.2) is 5.78 Å². The minimum atomic E-state index is -0.951. The van der Waals surface area contributed by atoms with Gasteiger partial charge in [-0.15, -0.1) is 0 Å². The lowest BCUT2D eigenvalue weighted by Gasteiger charge is -2.35. The Kier molecular flexibility index (Phi) is 6.60. The van der Waals surface area contributed by atoms with Crippen LogP contribution in [0.1, 0.15) is 77.7 Å². The van der Waals surface area contributed by atoms with E-state index in [1.54, 1.807) is 0 Å². The van der Waals surface area contributed by atoms with E-state index in [2.05, 4.69) is 70.2 Å². The predicted octanol–water partition coefficient (Wildman–Crippen LogP) is 7.95. The molecule has 0 unspecified atom stereocenters. The van der Waals surface area contributed by atoms with Crippen LogP contribution < -0.4 is 0 Å². The van der Waals surface area contributed by atoms with Gasteiger partial charge in [0.1, 0.15) is 5.41 Å². The van der Waals surface area contributed by atoms with E-state index >= 15 is 0 Å². The molecule has 165 valence electrons. The number of benzene rings is 4. The summed E-state index contributed by atoms with van der Waals surface area (Å²) in [6, 6.07) is 38.1. The molecule has 1 radical (unpaired) electrons. The quantitative estimate of drug-likeness (QED) is 0.214. The summed E-state index contributed by atoms with van der Waals surface area (Å²) in [6.45, 7) is 8.62. The number of carbonyl (C=O) groups is 1. The zero-order valence-corrected chi connectivity index (χ0v) is 19.9. The van der Waals surface area contributed by atoms with Crippen LogP contribution >= 0.6 is 0 Å². The van der Waals surface area contributed by atoms with Gasteiger partial charge in [-0.05, 0) is 57.9 Å². The lowest BCUT2D eigenvalue weighted by molar-refractivity contribution is 0.0935. The Balaban J connectivity index is 2.07. The molecule has 33 heavy (non-hydrogen) atoms. The maximum Gasteiger partial charge on any atom is 0.182 e. The standard InChI is InChI=1S/C32H31O/c1-23(2)25-20-26(24(3)4)22-27(21-25)31(33)32(28-14-8-5-9-15-28,29-16-10-6-11-17-29)30-18-12-7-13-19-30/h5-19,21-24H,1-4H3. The van der Waals surface area contributed by atoms with Gasteiger partial charge in [-0.25, -0.2) is 0 Å². The van der Waals surface area contributed by atoms with Crippen molar-refractivity contribution in [2.45, 2.75) is 44.9 Å². The second-order valence-electron chi connectivity index (χ2n) is 9.27. The number of carbonyl (C=O) groups excluding carboxylic acids is 1. The number of rotatable bonds is 7. The normalized spacial score (nSPS) is 11.7. The van der Waals surface area contributed by atoms with Crippen molar-refractivity contribution in [3.8, 4) is 0 Å². The Morgan fingerprint density at radius 1 is 0.606 bits per heavy atom. The zero-order valence-electron chi connectivity index (χ0n) is 19.9. The van der Waals surface area contributed by atoms with Crippen molar-refractivity contribution in [2.75, 3.05) is 0 Å². The molecule has 0 saturated heterocycles. The van der Waals surface area contributed by atoms with E-state index in [-0.39, 0.29) is 17.6 Å². The highest BCUT2D eigenvalue weighted by molar-refractivity contribution is 6.09. The van der Waals surface area contributed by atoms with Gasteiger partial charge in [-0.3, -0.25) is 4.79 Å². The number of ketones is 1. The fourth-order valence-electron chi connectivity index (χ4n) is 4.54. The molecule has 0 N–H and O–H groups in total. The summed E-state index contributed by atoms with van der Waals surface area (Å²) in [5.41, 5.74) is 4.85. The highest BCUT2D eigenvalue weighted by Crippen LogP contribution is 2.42. The molecule has 0 saturated carbocycles. The van der Waals surface area contributed by atoms with Gasteiger partial charge < -0.3 is 0 Å². The van der Waals surface area contributed by atoms with Crippen LogP contribution in [0.5, 0.6) is 0 Å². The van der Waals surface area contributed by atoms with Gasteiger partial charge in [-0.1, -0.05) is 119 Å². The first-order valence-electron chi connectivity index (χ1n) is 11.7. The molecule has 0 atom stereocenters. The summed E-state index contributed by atoms with van der Waals surface area (Å²) in [7, 11) is 0. The van der Waals surface area contributed by atoms with Gasteiger partial charge in [-0.2, -0.15) is 0 Å². The van der Waals surface area contributed by atoms with Gasteiger partial charge >= 0.3 is 0 Å². The summed E-state index contributed by atoms with van der Waals surface area (Å²) < 4.78 is 0. The molecule has 0 aliphatic rings. The molecular formula is C32H31O. The smallest absolute Gasteiger partial charge is 0.182 e. The van der Waals surface area contributed by atoms with E-state index < -0.39 is 5.41 Å². The molecule has 0 heterocycles. The zero-order chi connectivity index (χ0) is 23.4. The topological polar surface area (TPSA) is 17.1 Å². The third-order valence-corrected chi connectivity index (χ3v) is 6.38. The SMILES string of the molecule is CC(C)c1[c]c(C(C)C)cc(C(=O)C(c2ccccc2)(c2ccccc2)c2ccccc2)c1. The third-order valence-electron chi connectivity index (χ3n) is 6.38. The van der Waals surface area contributed by atoms with E-state index in [0.717, 1.165) is 33.4 Å². The first kappa shape index (κ1) is 22.7.